The smallest absolute Gasteiger partial charge is 0.336 e. The molecule has 2 heteroatoms. The molecule has 1 N–H and O–H groups in total. The molecule has 0 aliphatic heterocycles. The third-order valence-corrected chi connectivity index (χ3v) is 4.64. The SMILES string of the molecule is CCCCC(=Cc1ccccc1)c1c(C(=O)O)ccc(CC)c1CC. The normalized spacial score (nSPS) is 11.6. The molecule has 2 rings (SSSR count). The summed E-state index contributed by atoms with van der Waals surface area (Å²) in [7, 11) is 0. The average molecular weight is 336 g/mol. The van der Waals surface area contributed by atoms with Gasteiger partial charge in [-0.05, 0) is 59.6 Å². The van der Waals surface area contributed by atoms with Crippen LogP contribution in [0.15, 0.2) is 42.5 Å². The summed E-state index contributed by atoms with van der Waals surface area (Å²) in [6, 6.07) is 13.9. The fraction of sp³-hybridized carbons (Fsp3) is 0.348. The highest BCUT2D eigenvalue weighted by Crippen LogP contribution is 2.32. The largest absolute Gasteiger partial charge is 0.478 e. The van der Waals surface area contributed by atoms with Gasteiger partial charge in [-0.25, -0.2) is 4.79 Å². The number of benzene rings is 2. The minimum absolute atomic E-state index is 0.423. The second kappa shape index (κ2) is 9.22. The molecular weight excluding hydrogens is 308 g/mol. The van der Waals surface area contributed by atoms with Gasteiger partial charge in [-0.15, -0.1) is 0 Å². The van der Waals surface area contributed by atoms with Crippen molar-refractivity contribution in [3.63, 3.8) is 0 Å². The van der Waals surface area contributed by atoms with Crippen molar-refractivity contribution in [2.75, 3.05) is 0 Å². The van der Waals surface area contributed by atoms with Gasteiger partial charge in [0.1, 0.15) is 0 Å². The van der Waals surface area contributed by atoms with Gasteiger partial charge in [0, 0.05) is 0 Å². The lowest BCUT2D eigenvalue weighted by Gasteiger charge is -2.19. The Kier molecular flexibility index (Phi) is 7.00. The lowest BCUT2D eigenvalue weighted by molar-refractivity contribution is 0.0696. The van der Waals surface area contributed by atoms with Crippen LogP contribution in [0.25, 0.3) is 11.6 Å². The van der Waals surface area contributed by atoms with E-state index in [2.05, 4.69) is 39.0 Å². The van der Waals surface area contributed by atoms with E-state index in [9.17, 15) is 9.90 Å². The first-order valence-corrected chi connectivity index (χ1v) is 9.26. The van der Waals surface area contributed by atoms with E-state index < -0.39 is 5.97 Å². The number of carboxylic acids is 1. The summed E-state index contributed by atoms with van der Waals surface area (Å²) < 4.78 is 0. The fourth-order valence-electron chi connectivity index (χ4n) is 3.36. The summed E-state index contributed by atoms with van der Waals surface area (Å²) in [5.74, 6) is -0.845. The van der Waals surface area contributed by atoms with Gasteiger partial charge in [0.15, 0.2) is 0 Å². The number of carboxylic acid groups (broad SMARTS) is 1. The van der Waals surface area contributed by atoms with Gasteiger partial charge in [-0.2, -0.15) is 0 Å². The maximum absolute atomic E-state index is 11.9. The van der Waals surface area contributed by atoms with Crippen LogP contribution in [0, 0.1) is 0 Å². The molecule has 0 amide bonds. The number of carbonyl (C=O) groups is 1. The van der Waals surface area contributed by atoms with E-state index in [0.29, 0.717) is 5.56 Å². The van der Waals surface area contributed by atoms with E-state index in [1.807, 2.05) is 24.3 Å². The Labute approximate surface area is 151 Å². The third kappa shape index (κ3) is 4.60. The number of unbranched alkanes of at least 4 members (excludes halogenated alkanes) is 1. The minimum atomic E-state index is -0.845. The molecule has 0 aromatic heterocycles. The van der Waals surface area contributed by atoms with Crippen molar-refractivity contribution >= 4 is 17.6 Å². The third-order valence-electron chi connectivity index (χ3n) is 4.64. The van der Waals surface area contributed by atoms with Crippen LogP contribution in [0.1, 0.15) is 72.6 Å². The van der Waals surface area contributed by atoms with Crippen LogP contribution < -0.4 is 0 Å². The second-order valence-electron chi connectivity index (χ2n) is 6.32. The summed E-state index contributed by atoms with van der Waals surface area (Å²) >= 11 is 0. The highest BCUT2D eigenvalue weighted by molar-refractivity contribution is 5.98. The summed E-state index contributed by atoms with van der Waals surface area (Å²) in [6.07, 6.45) is 6.96. The van der Waals surface area contributed by atoms with E-state index in [1.165, 1.54) is 11.1 Å². The molecule has 0 saturated carbocycles. The van der Waals surface area contributed by atoms with E-state index in [-0.39, 0.29) is 0 Å². The number of hydrogen-bond donors (Lipinski definition) is 1. The Morgan fingerprint density at radius 3 is 2.28 bits per heavy atom. The van der Waals surface area contributed by atoms with Gasteiger partial charge < -0.3 is 5.11 Å². The Hall–Kier alpha value is -2.35. The van der Waals surface area contributed by atoms with Gasteiger partial charge in [0.05, 0.1) is 5.56 Å². The van der Waals surface area contributed by atoms with Crippen molar-refractivity contribution in [3.8, 4) is 0 Å². The van der Waals surface area contributed by atoms with Crippen LogP contribution in [0.3, 0.4) is 0 Å². The quantitative estimate of drug-likeness (QED) is 0.579. The predicted molar refractivity (Wildman–Crippen MR) is 106 cm³/mol. The van der Waals surface area contributed by atoms with Gasteiger partial charge in [-0.3, -0.25) is 0 Å². The van der Waals surface area contributed by atoms with E-state index >= 15 is 0 Å². The van der Waals surface area contributed by atoms with E-state index in [0.717, 1.165) is 48.8 Å². The summed E-state index contributed by atoms with van der Waals surface area (Å²) in [5.41, 5.74) is 6.05. The van der Waals surface area contributed by atoms with Crippen molar-refractivity contribution in [2.24, 2.45) is 0 Å². The van der Waals surface area contributed by atoms with Crippen molar-refractivity contribution < 1.29 is 9.90 Å². The second-order valence-corrected chi connectivity index (χ2v) is 6.32. The average Bonchev–Trinajstić information content (AvgIpc) is 2.64. The first kappa shape index (κ1) is 19.0. The maximum Gasteiger partial charge on any atom is 0.336 e. The Bertz CT molecular complexity index is 742. The van der Waals surface area contributed by atoms with Crippen molar-refractivity contribution in [1.82, 2.24) is 0 Å². The van der Waals surface area contributed by atoms with Crippen molar-refractivity contribution in [1.29, 1.82) is 0 Å². The molecule has 0 aliphatic carbocycles. The molecule has 0 unspecified atom stereocenters. The van der Waals surface area contributed by atoms with Crippen molar-refractivity contribution in [2.45, 2.75) is 52.9 Å². The summed E-state index contributed by atoms with van der Waals surface area (Å²) in [4.78, 5) is 11.9. The maximum atomic E-state index is 11.9. The molecule has 2 aromatic rings. The van der Waals surface area contributed by atoms with E-state index in [4.69, 9.17) is 0 Å². The van der Waals surface area contributed by atoms with Crippen LogP contribution in [0.5, 0.6) is 0 Å². The van der Waals surface area contributed by atoms with Gasteiger partial charge in [0.25, 0.3) is 0 Å². The molecule has 25 heavy (non-hydrogen) atoms. The van der Waals surface area contributed by atoms with Crippen LogP contribution in [-0.4, -0.2) is 11.1 Å². The molecule has 2 nitrogen and oxygen atoms in total. The van der Waals surface area contributed by atoms with Crippen molar-refractivity contribution in [3.05, 3.63) is 70.3 Å². The monoisotopic (exact) mass is 336 g/mol. The van der Waals surface area contributed by atoms with Crippen LogP contribution in [0.2, 0.25) is 0 Å². The first-order chi connectivity index (χ1) is 12.1. The molecule has 0 aliphatic rings. The molecule has 0 bridgehead atoms. The first-order valence-electron chi connectivity index (χ1n) is 9.26. The van der Waals surface area contributed by atoms with Crippen LogP contribution in [0.4, 0.5) is 0 Å². The lowest BCUT2D eigenvalue weighted by Crippen LogP contribution is -2.08. The standard InChI is InChI=1S/C23H28O2/c1-4-7-13-19(16-17-11-9-8-10-12-17)22-20(6-3)18(5-2)14-15-21(22)23(24)25/h8-12,14-16H,4-7,13H2,1-3H3,(H,24,25). The summed E-state index contributed by atoms with van der Waals surface area (Å²) in [6.45, 7) is 6.41. The molecule has 0 atom stereocenters. The molecule has 0 heterocycles. The topological polar surface area (TPSA) is 37.3 Å². The Morgan fingerprint density at radius 1 is 1.00 bits per heavy atom. The number of aryl methyl sites for hydroxylation is 1. The van der Waals surface area contributed by atoms with Crippen LogP contribution >= 0.6 is 0 Å². The Balaban J connectivity index is 2.70. The zero-order valence-corrected chi connectivity index (χ0v) is 15.5. The molecule has 0 saturated heterocycles. The molecule has 0 fully saturated rings. The fourth-order valence-corrected chi connectivity index (χ4v) is 3.36. The van der Waals surface area contributed by atoms with E-state index in [1.54, 1.807) is 6.07 Å². The van der Waals surface area contributed by atoms with Gasteiger partial charge >= 0.3 is 5.97 Å². The molecule has 0 radical (unpaired) electrons. The molecular formula is C23H28O2. The van der Waals surface area contributed by atoms with Gasteiger partial charge in [0.2, 0.25) is 0 Å². The summed E-state index contributed by atoms with van der Waals surface area (Å²) in [5, 5.41) is 9.76. The number of hydrogen-bond acceptors (Lipinski definition) is 1. The Morgan fingerprint density at radius 2 is 1.72 bits per heavy atom. The highest BCUT2D eigenvalue weighted by Gasteiger charge is 2.19. The van der Waals surface area contributed by atoms with Gasteiger partial charge in [-0.1, -0.05) is 69.7 Å². The zero-order chi connectivity index (χ0) is 18.2. The number of aromatic carboxylic acids is 1. The molecule has 0 spiro atoms. The lowest BCUT2D eigenvalue weighted by atomic mass is 9.85. The predicted octanol–water partition coefficient (Wildman–Crippen LogP) is 6.24. The minimum Gasteiger partial charge on any atom is -0.478 e. The number of rotatable bonds is 8. The number of allylic oxidation sites excluding steroid dienone is 1. The highest BCUT2D eigenvalue weighted by atomic mass is 16.4. The van der Waals surface area contributed by atoms with Crippen LogP contribution in [-0.2, 0) is 12.8 Å². The zero-order valence-electron chi connectivity index (χ0n) is 15.5. The molecule has 2 aromatic carbocycles. The molecule has 132 valence electrons.